The van der Waals surface area contributed by atoms with E-state index >= 15 is 4.79 Å². The smallest absolute Gasteiger partial charge is 0.415 e. The average molecular weight is 913 g/mol. The molecule has 0 saturated carbocycles. The Hall–Kier alpha value is -6.11. The van der Waals surface area contributed by atoms with Crippen molar-refractivity contribution in [3.8, 4) is 22.8 Å². The Labute approximate surface area is 389 Å². The highest BCUT2D eigenvalue weighted by atomic mass is 35.5. The van der Waals surface area contributed by atoms with E-state index in [0.29, 0.717) is 67.8 Å². The van der Waals surface area contributed by atoms with Crippen LogP contribution in [0.15, 0.2) is 115 Å². The number of hydrogen-bond acceptors (Lipinski definition) is 7. The normalized spacial score (nSPS) is 16.1. The van der Waals surface area contributed by atoms with Gasteiger partial charge in [-0.05, 0) is 102 Å². The van der Waals surface area contributed by atoms with E-state index in [1.807, 2.05) is 96.2 Å². The Balaban J connectivity index is 1.05. The van der Waals surface area contributed by atoms with Crippen molar-refractivity contribution in [2.75, 3.05) is 51.3 Å². The molecule has 3 aliphatic rings. The predicted molar refractivity (Wildman–Crippen MR) is 253 cm³/mol. The van der Waals surface area contributed by atoms with Gasteiger partial charge in [-0.25, -0.2) is 4.79 Å². The minimum Gasteiger partial charge on any atom is -0.489 e. The molecule has 9 rings (SSSR count). The Morgan fingerprint density at radius 1 is 0.754 bits per heavy atom. The van der Waals surface area contributed by atoms with Crippen molar-refractivity contribution in [1.29, 1.82) is 0 Å². The second kappa shape index (κ2) is 19.2. The molecule has 334 valence electrons. The van der Waals surface area contributed by atoms with Gasteiger partial charge in [0.15, 0.2) is 0 Å². The van der Waals surface area contributed by atoms with Gasteiger partial charge >= 0.3 is 6.09 Å². The third kappa shape index (κ3) is 9.51. The molecule has 13 heteroatoms. The molecular formula is C52H51Cl2N5O6. The Kier molecular flexibility index (Phi) is 13.0. The number of carbonyl (C=O) groups is 3. The third-order valence-corrected chi connectivity index (χ3v) is 13.7. The largest absolute Gasteiger partial charge is 0.489 e. The molecule has 0 bridgehead atoms. The van der Waals surface area contributed by atoms with Crippen LogP contribution in [0.1, 0.15) is 54.2 Å². The molecule has 4 heterocycles. The monoisotopic (exact) mass is 911 g/mol. The SMILES string of the molecule is Cc1c(C(=O)N(C)c2ccc(OCc3ccccc3)cc2)cc(-c2cc3c(cc2C(=O)N2Cc4ccccc4C[C@H]2CN2CCOCC2)CN(C(=O)Oc2ccc(Cl)c(Cl)c2)CC3)n1C. The van der Waals surface area contributed by atoms with E-state index in [-0.39, 0.29) is 35.2 Å². The summed E-state index contributed by atoms with van der Waals surface area (Å²) in [5, 5.41) is 0.651. The number of halogens is 2. The summed E-state index contributed by atoms with van der Waals surface area (Å²) in [6.45, 7) is 7.12. The van der Waals surface area contributed by atoms with Crippen molar-refractivity contribution in [2.24, 2.45) is 7.05 Å². The van der Waals surface area contributed by atoms with Gasteiger partial charge in [-0.2, -0.15) is 0 Å². The Morgan fingerprint density at radius 3 is 2.23 bits per heavy atom. The second-order valence-electron chi connectivity index (χ2n) is 17.0. The number of anilines is 1. The molecular weight excluding hydrogens is 862 g/mol. The number of hydrogen-bond donors (Lipinski definition) is 0. The van der Waals surface area contributed by atoms with E-state index < -0.39 is 6.09 Å². The van der Waals surface area contributed by atoms with Crippen LogP contribution < -0.4 is 14.4 Å². The molecule has 0 unspecified atom stereocenters. The number of morpholine rings is 1. The molecule has 11 nitrogen and oxygen atoms in total. The molecule has 0 spiro atoms. The molecule has 65 heavy (non-hydrogen) atoms. The zero-order chi connectivity index (χ0) is 45.2. The zero-order valence-corrected chi connectivity index (χ0v) is 38.3. The maximum absolute atomic E-state index is 15.5. The maximum atomic E-state index is 15.5. The molecule has 1 saturated heterocycles. The van der Waals surface area contributed by atoms with Gasteiger partial charge in [0, 0.05) is 93.7 Å². The van der Waals surface area contributed by atoms with Gasteiger partial charge in [0.05, 0.1) is 28.8 Å². The lowest BCUT2D eigenvalue weighted by Crippen LogP contribution is -2.52. The van der Waals surface area contributed by atoms with E-state index in [2.05, 4.69) is 29.2 Å². The fourth-order valence-electron chi connectivity index (χ4n) is 9.06. The first kappa shape index (κ1) is 44.1. The van der Waals surface area contributed by atoms with Crippen molar-refractivity contribution in [3.05, 3.63) is 170 Å². The minimum absolute atomic E-state index is 0.0897. The van der Waals surface area contributed by atoms with Crippen LogP contribution >= 0.6 is 23.2 Å². The topological polar surface area (TPSA) is 96.8 Å². The Bertz CT molecular complexity index is 2740. The summed E-state index contributed by atoms with van der Waals surface area (Å²) < 4.78 is 19.4. The average Bonchev–Trinajstić information content (AvgIpc) is 3.63. The molecule has 1 fully saturated rings. The lowest BCUT2D eigenvalue weighted by atomic mass is 9.89. The molecule has 0 radical (unpaired) electrons. The van der Waals surface area contributed by atoms with Crippen LogP contribution in [0, 0.1) is 6.92 Å². The number of ether oxygens (including phenoxy) is 3. The molecule has 1 atom stereocenters. The first-order valence-corrected chi connectivity index (χ1v) is 22.7. The molecule has 6 aromatic rings. The highest BCUT2D eigenvalue weighted by Crippen LogP contribution is 2.37. The molecule has 0 N–H and O–H groups in total. The van der Waals surface area contributed by atoms with Crippen molar-refractivity contribution >= 4 is 46.8 Å². The highest BCUT2D eigenvalue weighted by molar-refractivity contribution is 6.42. The summed E-state index contributed by atoms with van der Waals surface area (Å²) >= 11 is 12.3. The molecule has 5 aromatic carbocycles. The van der Waals surface area contributed by atoms with E-state index in [0.717, 1.165) is 64.4 Å². The summed E-state index contributed by atoms with van der Waals surface area (Å²) in [5.74, 6) is 0.710. The second-order valence-corrected chi connectivity index (χ2v) is 17.8. The number of aromatic nitrogens is 1. The van der Waals surface area contributed by atoms with Crippen molar-refractivity contribution < 1.29 is 28.6 Å². The lowest BCUT2D eigenvalue weighted by molar-refractivity contribution is 0.0193. The van der Waals surface area contributed by atoms with Crippen LogP contribution in [-0.2, 0) is 44.3 Å². The van der Waals surface area contributed by atoms with Gasteiger partial charge in [0.1, 0.15) is 18.1 Å². The van der Waals surface area contributed by atoms with Crippen LogP contribution in [0.25, 0.3) is 11.3 Å². The summed E-state index contributed by atoms with van der Waals surface area (Å²) in [7, 11) is 3.70. The number of nitrogens with zero attached hydrogens (tertiary/aromatic N) is 5. The number of amides is 3. The molecule has 3 amide bonds. The van der Waals surface area contributed by atoms with Crippen LogP contribution in [-0.4, -0.2) is 89.7 Å². The van der Waals surface area contributed by atoms with Crippen molar-refractivity contribution in [2.45, 2.75) is 45.5 Å². The zero-order valence-electron chi connectivity index (χ0n) is 36.8. The number of carbonyl (C=O) groups excluding carboxylic acids is 3. The van der Waals surface area contributed by atoms with Gasteiger partial charge in [-0.1, -0.05) is 77.8 Å². The van der Waals surface area contributed by atoms with Crippen molar-refractivity contribution in [3.63, 3.8) is 0 Å². The van der Waals surface area contributed by atoms with Gasteiger partial charge in [0.2, 0.25) is 0 Å². The molecule has 3 aliphatic heterocycles. The van der Waals surface area contributed by atoms with Crippen LogP contribution in [0.2, 0.25) is 10.0 Å². The van der Waals surface area contributed by atoms with Gasteiger partial charge in [-0.3, -0.25) is 14.5 Å². The fourth-order valence-corrected chi connectivity index (χ4v) is 9.35. The van der Waals surface area contributed by atoms with Crippen LogP contribution in [0.3, 0.4) is 0 Å². The van der Waals surface area contributed by atoms with E-state index in [9.17, 15) is 9.59 Å². The summed E-state index contributed by atoms with van der Waals surface area (Å²) in [6.07, 6.45) is 0.735. The van der Waals surface area contributed by atoms with E-state index in [1.165, 1.54) is 11.6 Å². The van der Waals surface area contributed by atoms with Crippen LogP contribution in [0.5, 0.6) is 11.5 Å². The molecule has 1 aromatic heterocycles. The van der Waals surface area contributed by atoms with E-state index in [1.54, 1.807) is 29.0 Å². The van der Waals surface area contributed by atoms with Gasteiger partial charge in [0.25, 0.3) is 11.8 Å². The predicted octanol–water partition coefficient (Wildman–Crippen LogP) is 9.62. The maximum Gasteiger partial charge on any atom is 0.415 e. The van der Waals surface area contributed by atoms with Gasteiger partial charge in [-0.15, -0.1) is 0 Å². The lowest BCUT2D eigenvalue weighted by Gasteiger charge is -2.41. The first-order chi connectivity index (χ1) is 31.5. The quantitative estimate of drug-likeness (QED) is 0.135. The summed E-state index contributed by atoms with van der Waals surface area (Å²) in [4.78, 5) is 51.2. The number of benzene rings is 5. The summed E-state index contributed by atoms with van der Waals surface area (Å²) in [5.41, 5.74) is 9.31. The number of fused-ring (bicyclic) bond motifs is 2. The minimum atomic E-state index is -0.524. The third-order valence-electron chi connectivity index (χ3n) is 12.9. The molecule has 0 aliphatic carbocycles. The van der Waals surface area contributed by atoms with Crippen LogP contribution in [0.4, 0.5) is 10.5 Å². The number of rotatable bonds is 10. The van der Waals surface area contributed by atoms with Crippen molar-refractivity contribution in [1.82, 2.24) is 19.3 Å². The van der Waals surface area contributed by atoms with Gasteiger partial charge < -0.3 is 33.5 Å². The van der Waals surface area contributed by atoms with E-state index in [4.69, 9.17) is 37.4 Å². The fraction of sp³-hybridized carbons (Fsp3) is 0.288. The summed E-state index contributed by atoms with van der Waals surface area (Å²) in [6, 6.07) is 36.4. The Morgan fingerprint density at radius 2 is 1.48 bits per heavy atom. The standard InChI is InChI=1S/C52H51Cl2N5O6/c1-34-44(50(60)56(3)40-13-15-42(16-14-40)64-33-35-9-5-4-6-10-35)29-49(55(34)2)45-26-37-19-20-58(52(62)65-43-17-18-47(53)48(54)28-43)30-39(37)27-46(45)51(61)59-31-38-12-8-7-11-36(38)25-41(59)32-57-21-23-63-24-22-57/h4-18,26-29,41H,19-25,30-33H2,1-3H3/t41-/m0/s1. The first-order valence-electron chi connectivity index (χ1n) is 22.0. The highest BCUT2D eigenvalue weighted by Gasteiger charge is 2.35.